The second kappa shape index (κ2) is 11.1. The predicted octanol–water partition coefficient (Wildman–Crippen LogP) is 5.48. The Morgan fingerprint density at radius 2 is 1.60 bits per heavy atom. The van der Waals surface area contributed by atoms with Gasteiger partial charge in [-0.3, -0.25) is 9.10 Å². The predicted molar refractivity (Wildman–Crippen MR) is 138 cm³/mol. The minimum absolute atomic E-state index is 0.0774. The van der Waals surface area contributed by atoms with Crippen molar-refractivity contribution >= 4 is 33.2 Å². The van der Waals surface area contributed by atoms with Crippen LogP contribution in [0.15, 0.2) is 77.7 Å². The third-order valence-electron chi connectivity index (χ3n) is 6.06. The molecule has 1 amide bonds. The molecule has 1 saturated carbocycles. The SMILES string of the molecule is Cc1ccc(S(=O)(=O)N(Cc2ccc(Cl)cc2)c2ccc(OCC(=O)NC3CCCC3)cc2)cc1. The first-order valence-corrected chi connectivity index (χ1v) is 13.5. The van der Waals surface area contributed by atoms with E-state index in [1.807, 2.05) is 6.92 Å². The van der Waals surface area contributed by atoms with E-state index in [1.54, 1.807) is 72.8 Å². The molecule has 0 unspecified atom stereocenters. The van der Waals surface area contributed by atoms with Crippen molar-refractivity contribution in [2.45, 2.75) is 50.1 Å². The molecule has 1 fully saturated rings. The largest absolute Gasteiger partial charge is 0.484 e. The van der Waals surface area contributed by atoms with Gasteiger partial charge in [-0.05, 0) is 73.9 Å². The molecule has 0 radical (unpaired) electrons. The van der Waals surface area contributed by atoms with E-state index in [0.29, 0.717) is 16.5 Å². The van der Waals surface area contributed by atoms with Crippen molar-refractivity contribution in [2.75, 3.05) is 10.9 Å². The number of rotatable bonds is 9. The molecule has 1 aliphatic carbocycles. The van der Waals surface area contributed by atoms with Crippen molar-refractivity contribution < 1.29 is 17.9 Å². The van der Waals surface area contributed by atoms with E-state index < -0.39 is 10.0 Å². The Labute approximate surface area is 211 Å². The summed E-state index contributed by atoms with van der Waals surface area (Å²) in [5, 5.41) is 3.57. The van der Waals surface area contributed by atoms with Crippen molar-refractivity contribution in [3.05, 3.63) is 88.9 Å². The van der Waals surface area contributed by atoms with Gasteiger partial charge >= 0.3 is 0 Å². The standard InChI is InChI=1S/C27H29ClN2O4S/c1-20-6-16-26(17-7-20)35(32,33)30(18-21-8-10-22(28)11-9-21)24-12-14-25(15-13-24)34-19-27(31)29-23-4-2-3-5-23/h6-17,23H,2-5,18-19H2,1H3,(H,29,31). The second-order valence-electron chi connectivity index (χ2n) is 8.78. The highest BCUT2D eigenvalue weighted by molar-refractivity contribution is 7.92. The molecule has 0 spiro atoms. The van der Waals surface area contributed by atoms with Gasteiger partial charge in [0.2, 0.25) is 0 Å². The van der Waals surface area contributed by atoms with Crippen LogP contribution >= 0.6 is 11.6 Å². The molecule has 0 heterocycles. The molecule has 8 heteroatoms. The van der Waals surface area contributed by atoms with Crippen LogP contribution in [0.5, 0.6) is 5.75 Å². The van der Waals surface area contributed by atoms with Gasteiger partial charge in [0.1, 0.15) is 5.75 Å². The molecule has 4 rings (SSSR count). The molecule has 0 aromatic heterocycles. The molecule has 1 aliphatic rings. The van der Waals surface area contributed by atoms with E-state index in [4.69, 9.17) is 16.3 Å². The van der Waals surface area contributed by atoms with Crippen LogP contribution in [-0.4, -0.2) is 27.0 Å². The lowest BCUT2D eigenvalue weighted by atomic mass is 10.2. The van der Waals surface area contributed by atoms with Gasteiger partial charge in [0.05, 0.1) is 17.1 Å². The van der Waals surface area contributed by atoms with Gasteiger partial charge in [0, 0.05) is 11.1 Å². The van der Waals surface area contributed by atoms with E-state index in [1.165, 1.54) is 4.31 Å². The van der Waals surface area contributed by atoms with Crippen LogP contribution in [0.2, 0.25) is 5.02 Å². The number of hydrogen-bond acceptors (Lipinski definition) is 4. The highest BCUT2D eigenvalue weighted by atomic mass is 35.5. The molecule has 0 saturated heterocycles. The quantitative estimate of drug-likeness (QED) is 0.412. The number of carbonyl (C=O) groups excluding carboxylic acids is 1. The summed E-state index contributed by atoms with van der Waals surface area (Å²) >= 11 is 6.01. The van der Waals surface area contributed by atoms with Crippen molar-refractivity contribution in [1.82, 2.24) is 5.32 Å². The summed E-state index contributed by atoms with van der Waals surface area (Å²) in [6.45, 7) is 1.97. The van der Waals surface area contributed by atoms with Gasteiger partial charge in [-0.2, -0.15) is 0 Å². The molecular formula is C27H29ClN2O4S. The maximum atomic E-state index is 13.6. The van der Waals surface area contributed by atoms with E-state index in [0.717, 1.165) is 36.8 Å². The summed E-state index contributed by atoms with van der Waals surface area (Å²) < 4.78 is 34.2. The number of nitrogens with one attached hydrogen (secondary N) is 1. The van der Waals surface area contributed by atoms with E-state index in [-0.39, 0.29) is 30.0 Å². The molecule has 0 bridgehead atoms. The second-order valence-corrected chi connectivity index (χ2v) is 11.1. The zero-order valence-electron chi connectivity index (χ0n) is 19.6. The van der Waals surface area contributed by atoms with Gasteiger partial charge in [0.15, 0.2) is 6.61 Å². The number of sulfonamides is 1. The third kappa shape index (κ3) is 6.55. The minimum atomic E-state index is -3.84. The molecular weight excluding hydrogens is 484 g/mol. The average Bonchev–Trinajstić information content (AvgIpc) is 3.36. The number of carbonyl (C=O) groups is 1. The van der Waals surface area contributed by atoms with Crippen LogP contribution in [0.4, 0.5) is 5.69 Å². The van der Waals surface area contributed by atoms with Crippen LogP contribution in [0.1, 0.15) is 36.8 Å². The topological polar surface area (TPSA) is 75.7 Å². The van der Waals surface area contributed by atoms with Gasteiger partial charge in [-0.15, -0.1) is 0 Å². The number of anilines is 1. The molecule has 35 heavy (non-hydrogen) atoms. The van der Waals surface area contributed by atoms with E-state index in [9.17, 15) is 13.2 Å². The maximum Gasteiger partial charge on any atom is 0.264 e. The summed E-state index contributed by atoms with van der Waals surface area (Å²) in [4.78, 5) is 12.4. The molecule has 0 atom stereocenters. The molecule has 3 aromatic carbocycles. The summed E-state index contributed by atoms with van der Waals surface area (Å²) in [5.74, 6) is 0.349. The van der Waals surface area contributed by atoms with Gasteiger partial charge in [-0.25, -0.2) is 8.42 Å². The Hall–Kier alpha value is -3.03. The Bertz CT molecular complexity index is 1240. The molecule has 1 N–H and O–H groups in total. The van der Waals surface area contributed by atoms with Crippen LogP contribution in [0.3, 0.4) is 0 Å². The lowest BCUT2D eigenvalue weighted by molar-refractivity contribution is -0.123. The zero-order chi connectivity index (χ0) is 24.8. The fourth-order valence-electron chi connectivity index (χ4n) is 4.11. The summed E-state index contributed by atoms with van der Waals surface area (Å²) in [7, 11) is -3.84. The summed E-state index contributed by atoms with van der Waals surface area (Å²) in [6.07, 6.45) is 4.31. The lowest BCUT2D eigenvalue weighted by Gasteiger charge is -2.25. The molecule has 3 aromatic rings. The highest BCUT2D eigenvalue weighted by Gasteiger charge is 2.25. The monoisotopic (exact) mass is 512 g/mol. The van der Waals surface area contributed by atoms with Crippen molar-refractivity contribution in [3.8, 4) is 5.75 Å². The van der Waals surface area contributed by atoms with Gasteiger partial charge < -0.3 is 10.1 Å². The zero-order valence-corrected chi connectivity index (χ0v) is 21.2. The smallest absolute Gasteiger partial charge is 0.264 e. The molecule has 184 valence electrons. The number of aryl methyl sites for hydroxylation is 1. The fourth-order valence-corrected chi connectivity index (χ4v) is 5.68. The number of hydrogen-bond donors (Lipinski definition) is 1. The van der Waals surface area contributed by atoms with Gasteiger partial charge in [-0.1, -0.05) is 54.3 Å². The molecule has 6 nitrogen and oxygen atoms in total. The van der Waals surface area contributed by atoms with Gasteiger partial charge in [0.25, 0.3) is 15.9 Å². The molecule has 0 aliphatic heterocycles. The number of amides is 1. The first kappa shape index (κ1) is 25.1. The van der Waals surface area contributed by atoms with Crippen LogP contribution in [0.25, 0.3) is 0 Å². The average molecular weight is 513 g/mol. The van der Waals surface area contributed by atoms with E-state index in [2.05, 4.69) is 5.32 Å². The first-order valence-electron chi connectivity index (χ1n) is 11.7. The Morgan fingerprint density at radius 1 is 0.971 bits per heavy atom. The summed E-state index contributed by atoms with van der Waals surface area (Å²) in [5.41, 5.74) is 2.27. The van der Waals surface area contributed by atoms with Crippen LogP contribution in [-0.2, 0) is 21.4 Å². The number of halogens is 1. The highest BCUT2D eigenvalue weighted by Crippen LogP contribution is 2.28. The van der Waals surface area contributed by atoms with E-state index >= 15 is 0 Å². The van der Waals surface area contributed by atoms with Crippen molar-refractivity contribution in [3.63, 3.8) is 0 Å². The Balaban J connectivity index is 1.52. The van der Waals surface area contributed by atoms with Crippen LogP contribution in [0, 0.1) is 6.92 Å². The first-order chi connectivity index (χ1) is 16.8. The number of nitrogens with zero attached hydrogens (tertiary/aromatic N) is 1. The number of ether oxygens (including phenoxy) is 1. The minimum Gasteiger partial charge on any atom is -0.484 e. The Kier molecular flexibility index (Phi) is 7.98. The maximum absolute atomic E-state index is 13.6. The number of benzene rings is 3. The van der Waals surface area contributed by atoms with Crippen molar-refractivity contribution in [1.29, 1.82) is 0 Å². The fraction of sp³-hybridized carbons (Fsp3) is 0.296. The lowest BCUT2D eigenvalue weighted by Crippen LogP contribution is -2.36. The van der Waals surface area contributed by atoms with Crippen LogP contribution < -0.4 is 14.4 Å². The normalized spacial score (nSPS) is 14.0. The van der Waals surface area contributed by atoms with Crippen molar-refractivity contribution in [2.24, 2.45) is 0 Å². The Morgan fingerprint density at radius 3 is 2.23 bits per heavy atom. The summed E-state index contributed by atoms with van der Waals surface area (Å²) in [6, 6.07) is 20.8. The third-order valence-corrected chi connectivity index (χ3v) is 8.10.